The summed E-state index contributed by atoms with van der Waals surface area (Å²) in [7, 11) is 0. The maximum Gasteiger partial charge on any atom is -0.00207 e. The zero-order valence-corrected chi connectivity index (χ0v) is 16.3. The molecule has 1 fully saturated rings. The van der Waals surface area contributed by atoms with E-state index in [1.165, 1.54) is 44.3 Å². The fraction of sp³-hybridized carbons (Fsp3) is 0.308. The average Bonchev–Trinajstić information content (AvgIpc) is 3.52. The van der Waals surface area contributed by atoms with Crippen molar-refractivity contribution in [2.24, 2.45) is 5.92 Å². The van der Waals surface area contributed by atoms with Crippen LogP contribution < -0.4 is 5.22 Å². The monoisotopic (exact) mass is 340 g/mol. The summed E-state index contributed by atoms with van der Waals surface area (Å²) in [5.41, 5.74) is 4.42. The van der Waals surface area contributed by atoms with Crippen molar-refractivity contribution in [2.75, 3.05) is 0 Å². The van der Waals surface area contributed by atoms with Gasteiger partial charge in [0.1, 0.15) is 0 Å². The molecule has 3 aromatic carbocycles. The van der Waals surface area contributed by atoms with Crippen molar-refractivity contribution < 1.29 is 0 Å². The predicted octanol–water partition coefficient (Wildman–Crippen LogP) is 7.09. The number of allylic oxidation sites excluding steroid dienone is 2. The number of hydrogen-bond donors (Lipinski definition) is 0. The minimum absolute atomic E-state index is 0.782. The Balaban J connectivity index is 0.000000396. The van der Waals surface area contributed by atoms with Crippen LogP contribution in [0.3, 0.4) is 0 Å². The fourth-order valence-corrected chi connectivity index (χ4v) is 4.52. The molecule has 0 heteroatoms. The molecule has 3 aliphatic carbocycles. The first kappa shape index (κ1) is 17.1. The predicted molar refractivity (Wildman–Crippen MR) is 117 cm³/mol. The Morgan fingerprint density at radius 2 is 1.73 bits per heavy atom. The minimum Gasteiger partial charge on any atom is -0.0802 e. The summed E-state index contributed by atoms with van der Waals surface area (Å²) in [5.74, 6) is 1.59. The molecule has 0 N–H and O–H groups in total. The van der Waals surface area contributed by atoms with Gasteiger partial charge in [-0.1, -0.05) is 88.4 Å². The lowest BCUT2D eigenvalue weighted by molar-refractivity contribution is 1.00. The van der Waals surface area contributed by atoms with E-state index in [1.807, 2.05) is 27.7 Å². The summed E-state index contributed by atoms with van der Waals surface area (Å²) < 4.78 is 0. The molecule has 0 bridgehead atoms. The van der Waals surface area contributed by atoms with Crippen LogP contribution in [-0.4, -0.2) is 0 Å². The molecule has 0 spiro atoms. The second-order valence-corrected chi connectivity index (χ2v) is 6.92. The molecule has 0 saturated heterocycles. The maximum atomic E-state index is 2.47. The molecule has 3 aromatic rings. The van der Waals surface area contributed by atoms with Crippen LogP contribution in [0.15, 0.2) is 42.5 Å². The van der Waals surface area contributed by atoms with E-state index in [9.17, 15) is 0 Å². The van der Waals surface area contributed by atoms with Crippen LogP contribution in [0.4, 0.5) is 0 Å². The van der Waals surface area contributed by atoms with Gasteiger partial charge in [-0.3, -0.25) is 0 Å². The van der Waals surface area contributed by atoms with Crippen LogP contribution in [-0.2, 0) is 0 Å². The zero-order chi connectivity index (χ0) is 18.3. The Morgan fingerprint density at radius 1 is 0.885 bits per heavy atom. The molecule has 132 valence electrons. The molecule has 0 aliphatic heterocycles. The SMILES string of the molecule is C1=Cc2ccc3cc4c(c5ccc(c2c35)=CC1)C=CC1CC41.CC.CC. The van der Waals surface area contributed by atoms with Gasteiger partial charge in [0.2, 0.25) is 0 Å². The van der Waals surface area contributed by atoms with Gasteiger partial charge >= 0.3 is 0 Å². The van der Waals surface area contributed by atoms with E-state index in [4.69, 9.17) is 0 Å². The summed E-state index contributed by atoms with van der Waals surface area (Å²) in [6, 6.07) is 11.8. The number of fused-ring (bicyclic) bond motifs is 4. The quantitative estimate of drug-likeness (QED) is 0.410. The van der Waals surface area contributed by atoms with Crippen molar-refractivity contribution in [1.29, 1.82) is 0 Å². The minimum atomic E-state index is 0.782. The molecule has 2 unspecified atom stereocenters. The third kappa shape index (κ3) is 2.43. The van der Waals surface area contributed by atoms with Crippen LogP contribution >= 0.6 is 0 Å². The van der Waals surface area contributed by atoms with Gasteiger partial charge in [-0.05, 0) is 68.1 Å². The maximum absolute atomic E-state index is 2.47. The highest BCUT2D eigenvalue weighted by Gasteiger charge is 2.40. The first-order chi connectivity index (χ1) is 12.9. The van der Waals surface area contributed by atoms with E-state index in [0.29, 0.717) is 0 Å². The second kappa shape index (κ2) is 6.76. The van der Waals surface area contributed by atoms with E-state index in [1.54, 1.807) is 5.56 Å². The third-order valence-electron chi connectivity index (χ3n) is 5.69. The smallest absolute Gasteiger partial charge is 0.00207 e. The van der Waals surface area contributed by atoms with E-state index < -0.39 is 0 Å². The van der Waals surface area contributed by atoms with Crippen molar-refractivity contribution in [3.8, 4) is 0 Å². The lowest BCUT2D eigenvalue weighted by Crippen LogP contribution is -2.05. The van der Waals surface area contributed by atoms with Gasteiger partial charge in [-0.15, -0.1) is 0 Å². The standard InChI is InChI=1S/C22H16.2C2H6/c1-2-4-14-7-10-18-17-9-8-15-11-19(15)20(17)12-16-6-5-13(3-1)21(14)22(16)18;2*1-2/h1,3-10,12,15,19H,2,11H2;2*1-2H3. The fourth-order valence-electron chi connectivity index (χ4n) is 4.52. The van der Waals surface area contributed by atoms with Crippen LogP contribution in [0.1, 0.15) is 63.1 Å². The van der Waals surface area contributed by atoms with E-state index in [0.717, 1.165) is 18.3 Å². The Labute approximate surface area is 156 Å². The Morgan fingerprint density at radius 3 is 2.58 bits per heavy atom. The second-order valence-electron chi connectivity index (χ2n) is 6.92. The molecule has 0 radical (unpaired) electrons. The molecular formula is C26H28. The topological polar surface area (TPSA) is 0 Å². The molecule has 0 nitrogen and oxygen atoms in total. The van der Waals surface area contributed by atoms with Crippen molar-refractivity contribution in [2.45, 2.75) is 46.5 Å². The summed E-state index contributed by atoms with van der Waals surface area (Å²) in [6.07, 6.45) is 14.1. The van der Waals surface area contributed by atoms with Crippen molar-refractivity contribution >= 4 is 39.8 Å². The largest absolute Gasteiger partial charge is 0.0802 e. The Bertz CT molecular complexity index is 1080. The molecule has 26 heavy (non-hydrogen) atoms. The summed E-state index contributed by atoms with van der Waals surface area (Å²) >= 11 is 0. The van der Waals surface area contributed by atoms with Gasteiger partial charge in [-0.25, -0.2) is 0 Å². The highest BCUT2D eigenvalue weighted by Crippen LogP contribution is 2.54. The first-order valence-corrected chi connectivity index (χ1v) is 10.3. The lowest BCUT2D eigenvalue weighted by atomic mass is 9.86. The summed E-state index contributed by atoms with van der Waals surface area (Å²) in [5, 5.41) is 7.15. The molecule has 0 aromatic heterocycles. The van der Waals surface area contributed by atoms with Crippen molar-refractivity contribution in [3.05, 3.63) is 64.4 Å². The number of hydrogen-bond acceptors (Lipinski definition) is 0. The van der Waals surface area contributed by atoms with Crippen molar-refractivity contribution in [1.82, 2.24) is 0 Å². The van der Waals surface area contributed by atoms with E-state index >= 15 is 0 Å². The van der Waals surface area contributed by atoms with E-state index in [2.05, 4.69) is 60.7 Å². The molecular weight excluding hydrogens is 312 g/mol. The zero-order valence-electron chi connectivity index (χ0n) is 16.3. The van der Waals surface area contributed by atoms with Crippen LogP contribution in [0.25, 0.3) is 39.8 Å². The Kier molecular flexibility index (Phi) is 4.44. The first-order valence-electron chi connectivity index (χ1n) is 10.3. The van der Waals surface area contributed by atoms with Gasteiger partial charge in [0.15, 0.2) is 0 Å². The normalized spacial score (nSPS) is 20.8. The molecule has 2 atom stereocenters. The number of rotatable bonds is 0. The van der Waals surface area contributed by atoms with Crippen LogP contribution in [0.5, 0.6) is 0 Å². The van der Waals surface area contributed by atoms with E-state index in [-0.39, 0.29) is 0 Å². The average molecular weight is 341 g/mol. The Hall–Kier alpha value is -2.34. The summed E-state index contributed by atoms with van der Waals surface area (Å²) in [6.45, 7) is 8.00. The molecule has 0 amide bonds. The lowest BCUT2D eigenvalue weighted by Gasteiger charge is -2.17. The molecule has 0 heterocycles. The van der Waals surface area contributed by atoms with Gasteiger partial charge < -0.3 is 0 Å². The van der Waals surface area contributed by atoms with Gasteiger partial charge in [0.25, 0.3) is 0 Å². The molecule has 6 rings (SSSR count). The van der Waals surface area contributed by atoms with Gasteiger partial charge in [-0.2, -0.15) is 0 Å². The third-order valence-corrected chi connectivity index (χ3v) is 5.69. The van der Waals surface area contributed by atoms with Crippen molar-refractivity contribution in [3.63, 3.8) is 0 Å². The van der Waals surface area contributed by atoms with Gasteiger partial charge in [0.05, 0.1) is 0 Å². The highest BCUT2D eigenvalue weighted by molar-refractivity contribution is 6.16. The van der Waals surface area contributed by atoms with Crippen LogP contribution in [0.2, 0.25) is 0 Å². The molecule has 1 saturated carbocycles. The summed E-state index contributed by atoms with van der Waals surface area (Å²) in [4.78, 5) is 0. The molecule has 3 aliphatic rings. The van der Waals surface area contributed by atoms with Crippen LogP contribution in [0, 0.1) is 5.92 Å². The highest BCUT2D eigenvalue weighted by atomic mass is 14.4. The number of benzene rings is 3. The van der Waals surface area contributed by atoms with Gasteiger partial charge in [0, 0.05) is 0 Å².